The van der Waals surface area contributed by atoms with Crippen LogP contribution in [0.5, 0.6) is 0 Å². The Kier molecular flexibility index (Phi) is 6.53. The Morgan fingerprint density at radius 2 is 1.86 bits per heavy atom. The van der Waals surface area contributed by atoms with Crippen LogP contribution in [-0.4, -0.2) is 29.1 Å². The summed E-state index contributed by atoms with van der Waals surface area (Å²) >= 11 is 0. The quantitative estimate of drug-likeness (QED) is 0.732. The molecule has 2 fully saturated rings. The van der Waals surface area contributed by atoms with Gasteiger partial charge >= 0.3 is 0 Å². The van der Waals surface area contributed by atoms with Gasteiger partial charge in [-0.25, -0.2) is 0 Å². The highest BCUT2D eigenvalue weighted by Gasteiger charge is 2.44. The van der Waals surface area contributed by atoms with E-state index in [-0.39, 0.29) is 6.04 Å². The molecule has 0 aromatic carbocycles. The highest BCUT2D eigenvalue weighted by molar-refractivity contribution is 5.84. The molecular weight excluding hydrogens is 260 g/mol. The van der Waals surface area contributed by atoms with E-state index in [1.165, 1.54) is 44.9 Å². The number of unbranched alkanes of at least 4 members (excludes halogenated alkanes) is 2. The van der Waals surface area contributed by atoms with E-state index < -0.39 is 0 Å². The Hall–Kier alpha value is -0.570. The SMILES string of the molecule is CCCCC1NC(C2CCCC2)N(C(C)CCCC)C1=O. The standard InChI is InChI=1S/C18H34N2O/c1-4-6-10-14(3)20-17(15-11-8-9-12-15)19-16(18(20)21)13-7-5-2/h14-17,19H,4-13H2,1-3H3. The summed E-state index contributed by atoms with van der Waals surface area (Å²) in [5, 5.41) is 3.70. The zero-order valence-electron chi connectivity index (χ0n) is 14.2. The lowest BCUT2D eigenvalue weighted by molar-refractivity contribution is -0.133. The fourth-order valence-electron chi connectivity index (χ4n) is 4.06. The Morgan fingerprint density at radius 3 is 2.48 bits per heavy atom. The van der Waals surface area contributed by atoms with E-state index in [0.717, 1.165) is 19.3 Å². The van der Waals surface area contributed by atoms with Crippen molar-refractivity contribution in [1.82, 2.24) is 10.2 Å². The fourth-order valence-corrected chi connectivity index (χ4v) is 4.06. The first-order chi connectivity index (χ1) is 10.2. The first-order valence-corrected chi connectivity index (χ1v) is 9.27. The third-order valence-electron chi connectivity index (χ3n) is 5.37. The van der Waals surface area contributed by atoms with Crippen molar-refractivity contribution in [3.8, 4) is 0 Å². The molecule has 0 bridgehead atoms. The van der Waals surface area contributed by atoms with E-state index in [2.05, 4.69) is 31.0 Å². The molecule has 3 heteroatoms. The van der Waals surface area contributed by atoms with Gasteiger partial charge in [-0.15, -0.1) is 0 Å². The lowest BCUT2D eigenvalue weighted by Gasteiger charge is -2.34. The number of carbonyl (C=O) groups excluding carboxylic acids is 1. The predicted molar refractivity (Wildman–Crippen MR) is 88.0 cm³/mol. The molecule has 3 unspecified atom stereocenters. The third kappa shape index (κ3) is 4.00. The van der Waals surface area contributed by atoms with Crippen LogP contribution >= 0.6 is 0 Å². The minimum Gasteiger partial charge on any atom is -0.323 e. The highest BCUT2D eigenvalue weighted by Crippen LogP contribution is 2.34. The average molecular weight is 294 g/mol. The Balaban J connectivity index is 2.05. The maximum absolute atomic E-state index is 12.8. The zero-order valence-corrected chi connectivity index (χ0v) is 14.2. The molecule has 0 aromatic rings. The molecular formula is C18H34N2O. The van der Waals surface area contributed by atoms with Crippen LogP contribution in [0.2, 0.25) is 0 Å². The van der Waals surface area contributed by atoms with Gasteiger partial charge in [0.1, 0.15) is 0 Å². The topological polar surface area (TPSA) is 32.3 Å². The van der Waals surface area contributed by atoms with Crippen molar-refractivity contribution in [3.05, 3.63) is 0 Å². The van der Waals surface area contributed by atoms with E-state index in [1.54, 1.807) is 0 Å². The minimum absolute atomic E-state index is 0.0830. The maximum Gasteiger partial charge on any atom is 0.241 e. The first kappa shape index (κ1) is 16.8. The van der Waals surface area contributed by atoms with Gasteiger partial charge in [0.2, 0.25) is 5.91 Å². The molecule has 122 valence electrons. The molecule has 1 heterocycles. The average Bonchev–Trinajstić information content (AvgIpc) is 3.10. The summed E-state index contributed by atoms with van der Waals surface area (Å²) in [6, 6.07) is 0.474. The number of nitrogens with zero attached hydrogens (tertiary/aromatic N) is 1. The summed E-state index contributed by atoms with van der Waals surface area (Å²) < 4.78 is 0. The summed E-state index contributed by atoms with van der Waals surface area (Å²) in [7, 11) is 0. The smallest absolute Gasteiger partial charge is 0.241 e. The molecule has 2 aliphatic rings. The predicted octanol–water partition coefficient (Wildman–Crippen LogP) is 4.07. The van der Waals surface area contributed by atoms with Gasteiger partial charge in [-0.2, -0.15) is 0 Å². The van der Waals surface area contributed by atoms with E-state index >= 15 is 0 Å². The lowest BCUT2D eigenvalue weighted by atomic mass is 10.0. The summed E-state index contributed by atoms with van der Waals surface area (Å²) in [4.78, 5) is 15.1. The van der Waals surface area contributed by atoms with Gasteiger partial charge in [0.15, 0.2) is 0 Å². The molecule has 3 atom stereocenters. The molecule has 1 aliphatic heterocycles. The largest absolute Gasteiger partial charge is 0.323 e. The normalized spacial score (nSPS) is 28.5. The van der Waals surface area contributed by atoms with Crippen LogP contribution in [0.25, 0.3) is 0 Å². The monoisotopic (exact) mass is 294 g/mol. The summed E-state index contributed by atoms with van der Waals surface area (Å²) in [5.41, 5.74) is 0. The van der Waals surface area contributed by atoms with Gasteiger partial charge in [0, 0.05) is 6.04 Å². The second-order valence-electron chi connectivity index (χ2n) is 7.09. The Morgan fingerprint density at radius 1 is 1.19 bits per heavy atom. The number of nitrogens with one attached hydrogen (secondary N) is 1. The molecule has 3 nitrogen and oxygen atoms in total. The number of carbonyl (C=O) groups is 1. The molecule has 21 heavy (non-hydrogen) atoms. The van der Waals surface area contributed by atoms with Crippen molar-refractivity contribution in [1.29, 1.82) is 0 Å². The fraction of sp³-hybridized carbons (Fsp3) is 0.944. The molecule has 0 spiro atoms. The van der Waals surface area contributed by atoms with Gasteiger partial charge in [-0.3, -0.25) is 10.1 Å². The number of hydrogen-bond acceptors (Lipinski definition) is 2. The van der Waals surface area contributed by atoms with E-state index in [0.29, 0.717) is 24.0 Å². The second kappa shape index (κ2) is 8.17. The summed E-state index contributed by atoms with van der Waals surface area (Å²) in [5.74, 6) is 1.06. The van der Waals surface area contributed by atoms with Crippen LogP contribution in [0.15, 0.2) is 0 Å². The van der Waals surface area contributed by atoms with Crippen molar-refractivity contribution in [2.75, 3.05) is 0 Å². The molecule has 1 saturated carbocycles. The third-order valence-corrected chi connectivity index (χ3v) is 5.37. The molecule has 1 N–H and O–H groups in total. The van der Waals surface area contributed by atoms with Crippen LogP contribution in [0.1, 0.15) is 85.0 Å². The van der Waals surface area contributed by atoms with Gasteiger partial charge in [0.25, 0.3) is 0 Å². The van der Waals surface area contributed by atoms with Crippen LogP contribution in [-0.2, 0) is 4.79 Å². The molecule has 2 rings (SSSR count). The lowest BCUT2D eigenvalue weighted by Crippen LogP contribution is -2.47. The minimum atomic E-state index is 0.0830. The van der Waals surface area contributed by atoms with Crippen molar-refractivity contribution in [2.45, 2.75) is 103 Å². The molecule has 1 saturated heterocycles. The highest BCUT2D eigenvalue weighted by atomic mass is 16.2. The Bertz CT molecular complexity index is 325. The summed E-state index contributed by atoms with van der Waals surface area (Å²) in [6.07, 6.45) is 12.5. The maximum atomic E-state index is 12.8. The van der Waals surface area contributed by atoms with Gasteiger partial charge in [0.05, 0.1) is 12.2 Å². The van der Waals surface area contributed by atoms with Crippen LogP contribution in [0.3, 0.4) is 0 Å². The molecule has 0 radical (unpaired) electrons. The van der Waals surface area contributed by atoms with Gasteiger partial charge < -0.3 is 4.90 Å². The van der Waals surface area contributed by atoms with Crippen molar-refractivity contribution in [3.63, 3.8) is 0 Å². The summed E-state index contributed by atoms with van der Waals surface area (Å²) in [6.45, 7) is 6.68. The van der Waals surface area contributed by atoms with Crippen molar-refractivity contribution < 1.29 is 4.79 Å². The van der Waals surface area contributed by atoms with Crippen molar-refractivity contribution >= 4 is 5.91 Å². The Labute approximate surface area is 130 Å². The van der Waals surface area contributed by atoms with Crippen LogP contribution < -0.4 is 5.32 Å². The number of amides is 1. The van der Waals surface area contributed by atoms with E-state index in [9.17, 15) is 4.79 Å². The van der Waals surface area contributed by atoms with Crippen LogP contribution in [0, 0.1) is 5.92 Å². The second-order valence-corrected chi connectivity index (χ2v) is 7.09. The number of hydrogen-bond donors (Lipinski definition) is 1. The number of rotatable bonds is 8. The van der Waals surface area contributed by atoms with E-state index in [4.69, 9.17) is 0 Å². The van der Waals surface area contributed by atoms with Gasteiger partial charge in [-0.1, -0.05) is 52.4 Å². The van der Waals surface area contributed by atoms with Crippen molar-refractivity contribution in [2.24, 2.45) is 5.92 Å². The zero-order chi connectivity index (χ0) is 15.2. The molecule has 1 amide bonds. The van der Waals surface area contributed by atoms with Crippen LogP contribution in [0.4, 0.5) is 0 Å². The van der Waals surface area contributed by atoms with E-state index in [1.807, 2.05) is 0 Å². The first-order valence-electron chi connectivity index (χ1n) is 9.27. The molecule has 0 aromatic heterocycles. The molecule has 1 aliphatic carbocycles. The van der Waals surface area contributed by atoms with Gasteiger partial charge in [-0.05, 0) is 38.5 Å².